The second-order valence-electron chi connectivity index (χ2n) is 7.37. The van der Waals surface area contributed by atoms with Crippen LogP contribution in [0.3, 0.4) is 0 Å². The van der Waals surface area contributed by atoms with Gasteiger partial charge in [0.25, 0.3) is 0 Å². The maximum atomic E-state index is 12.8. The summed E-state index contributed by atoms with van der Waals surface area (Å²) in [5.74, 6) is 0.745. The van der Waals surface area contributed by atoms with Gasteiger partial charge in [-0.05, 0) is 25.2 Å². The molecule has 2 heterocycles. The Hall–Kier alpha value is -0.980. The van der Waals surface area contributed by atoms with E-state index in [1.54, 1.807) is 18.4 Å². The Morgan fingerprint density at radius 2 is 2.33 bits per heavy atom. The van der Waals surface area contributed by atoms with Gasteiger partial charge in [-0.25, -0.2) is 4.98 Å². The standard InChI is InChI=1S/C18H29N3O2S/c1-3-5-14-8-21(9-15-11-24-13-19-15)10-16(14)20-17(22)18(12-23-2)6-4-7-18/h11,13-14,16H,3-10,12H2,1-2H3,(H,20,22)/t14-,16-/m0/s1. The van der Waals surface area contributed by atoms with E-state index in [4.69, 9.17) is 4.74 Å². The Morgan fingerprint density at radius 3 is 2.92 bits per heavy atom. The van der Waals surface area contributed by atoms with Gasteiger partial charge in [0.2, 0.25) is 5.91 Å². The predicted octanol–water partition coefficient (Wildman–Crippen LogP) is 2.68. The van der Waals surface area contributed by atoms with Gasteiger partial charge in [0.05, 0.1) is 23.2 Å². The van der Waals surface area contributed by atoms with E-state index in [1.165, 1.54) is 0 Å². The van der Waals surface area contributed by atoms with Gasteiger partial charge in [0, 0.05) is 38.2 Å². The third-order valence-electron chi connectivity index (χ3n) is 5.57. The lowest BCUT2D eigenvalue weighted by atomic mass is 9.68. The largest absolute Gasteiger partial charge is 0.384 e. The lowest BCUT2D eigenvalue weighted by Gasteiger charge is -2.40. The highest BCUT2D eigenvalue weighted by atomic mass is 32.1. The Labute approximate surface area is 148 Å². The zero-order valence-electron chi connectivity index (χ0n) is 14.8. The van der Waals surface area contributed by atoms with Crippen molar-refractivity contribution in [1.82, 2.24) is 15.2 Å². The van der Waals surface area contributed by atoms with E-state index in [0.29, 0.717) is 12.5 Å². The molecule has 1 N–H and O–H groups in total. The molecule has 1 saturated carbocycles. The first-order valence-corrected chi connectivity index (χ1v) is 10.0. The van der Waals surface area contributed by atoms with Gasteiger partial charge >= 0.3 is 0 Å². The zero-order chi connectivity index (χ0) is 17.0. The van der Waals surface area contributed by atoms with E-state index in [9.17, 15) is 4.79 Å². The fraction of sp³-hybridized carbons (Fsp3) is 0.778. The van der Waals surface area contributed by atoms with E-state index in [-0.39, 0.29) is 17.4 Å². The molecule has 1 aromatic heterocycles. The fourth-order valence-electron chi connectivity index (χ4n) is 4.10. The van der Waals surface area contributed by atoms with Crippen molar-refractivity contribution < 1.29 is 9.53 Å². The summed E-state index contributed by atoms with van der Waals surface area (Å²) < 4.78 is 5.32. The smallest absolute Gasteiger partial charge is 0.228 e. The molecular formula is C18H29N3O2S. The Morgan fingerprint density at radius 1 is 1.50 bits per heavy atom. The normalized spacial score (nSPS) is 26.2. The second-order valence-corrected chi connectivity index (χ2v) is 8.09. The summed E-state index contributed by atoms with van der Waals surface area (Å²) in [4.78, 5) is 19.7. The molecule has 0 spiro atoms. The predicted molar refractivity (Wildman–Crippen MR) is 95.9 cm³/mol. The van der Waals surface area contributed by atoms with Crippen molar-refractivity contribution in [2.45, 2.75) is 51.6 Å². The van der Waals surface area contributed by atoms with Gasteiger partial charge in [-0.3, -0.25) is 9.69 Å². The summed E-state index contributed by atoms with van der Waals surface area (Å²) >= 11 is 1.64. The molecule has 1 saturated heterocycles. The number of carbonyl (C=O) groups is 1. The molecule has 1 aliphatic carbocycles. The third kappa shape index (κ3) is 3.81. The van der Waals surface area contributed by atoms with Gasteiger partial charge in [0.15, 0.2) is 0 Å². The van der Waals surface area contributed by atoms with Crippen LogP contribution in [0.2, 0.25) is 0 Å². The van der Waals surface area contributed by atoms with Crippen molar-refractivity contribution in [2.75, 3.05) is 26.8 Å². The Bertz CT molecular complexity index is 530. The lowest BCUT2D eigenvalue weighted by molar-refractivity contribution is -0.141. The number of hydrogen-bond donors (Lipinski definition) is 1. The number of rotatable bonds is 8. The molecule has 134 valence electrons. The highest BCUT2D eigenvalue weighted by molar-refractivity contribution is 7.07. The maximum Gasteiger partial charge on any atom is 0.228 e. The minimum Gasteiger partial charge on any atom is -0.384 e. The van der Waals surface area contributed by atoms with E-state index < -0.39 is 0 Å². The van der Waals surface area contributed by atoms with Crippen LogP contribution in [0.1, 0.15) is 44.7 Å². The van der Waals surface area contributed by atoms with Crippen molar-refractivity contribution >= 4 is 17.2 Å². The number of carbonyl (C=O) groups excluding carboxylic acids is 1. The van der Waals surface area contributed by atoms with E-state index >= 15 is 0 Å². The third-order valence-corrected chi connectivity index (χ3v) is 6.21. The molecule has 5 nitrogen and oxygen atoms in total. The first kappa shape index (κ1) is 17.8. The van der Waals surface area contributed by atoms with E-state index in [0.717, 1.165) is 57.4 Å². The number of methoxy groups -OCH3 is 1. The summed E-state index contributed by atoms with van der Waals surface area (Å²) in [6.45, 7) is 5.64. The minimum absolute atomic E-state index is 0.206. The first-order chi connectivity index (χ1) is 11.7. The lowest BCUT2D eigenvalue weighted by Crippen LogP contribution is -2.53. The van der Waals surface area contributed by atoms with Crippen LogP contribution in [0, 0.1) is 11.3 Å². The number of nitrogens with one attached hydrogen (secondary N) is 1. The second kappa shape index (κ2) is 7.93. The molecule has 0 unspecified atom stereocenters. The number of thiazole rings is 1. The number of hydrogen-bond acceptors (Lipinski definition) is 5. The SMILES string of the molecule is CCC[C@H]1CN(Cc2cscn2)C[C@@H]1NC(=O)C1(COC)CCC1. The van der Waals surface area contributed by atoms with Crippen LogP contribution in [0.5, 0.6) is 0 Å². The molecule has 3 rings (SSSR count). The molecule has 24 heavy (non-hydrogen) atoms. The molecule has 1 aromatic rings. The monoisotopic (exact) mass is 351 g/mol. The van der Waals surface area contributed by atoms with Crippen LogP contribution in [0.15, 0.2) is 10.9 Å². The molecule has 2 aliphatic rings. The number of nitrogens with zero attached hydrogens (tertiary/aromatic N) is 2. The molecule has 1 amide bonds. The topological polar surface area (TPSA) is 54.5 Å². The average molecular weight is 352 g/mol. The first-order valence-electron chi connectivity index (χ1n) is 9.06. The molecule has 1 aliphatic heterocycles. The van der Waals surface area contributed by atoms with Crippen molar-refractivity contribution in [3.8, 4) is 0 Å². The van der Waals surface area contributed by atoms with Crippen molar-refractivity contribution in [3.05, 3.63) is 16.6 Å². The van der Waals surface area contributed by atoms with E-state index in [1.807, 2.05) is 5.51 Å². The fourth-order valence-corrected chi connectivity index (χ4v) is 4.65. The number of amides is 1. The molecule has 2 atom stereocenters. The van der Waals surface area contributed by atoms with Gasteiger partial charge in [0.1, 0.15) is 0 Å². The van der Waals surface area contributed by atoms with Crippen molar-refractivity contribution in [3.63, 3.8) is 0 Å². The van der Waals surface area contributed by atoms with E-state index in [2.05, 4.69) is 27.5 Å². The van der Waals surface area contributed by atoms with Gasteiger partial charge in [-0.2, -0.15) is 0 Å². The molecule has 0 radical (unpaired) electrons. The minimum atomic E-state index is -0.270. The highest BCUT2D eigenvalue weighted by Crippen LogP contribution is 2.41. The van der Waals surface area contributed by atoms with Crippen molar-refractivity contribution in [2.24, 2.45) is 11.3 Å². The molecule has 0 bridgehead atoms. The zero-order valence-corrected chi connectivity index (χ0v) is 15.6. The molecular weight excluding hydrogens is 322 g/mol. The number of ether oxygens (including phenoxy) is 1. The van der Waals surface area contributed by atoms with Gasteiger partial charge in [-0.1, -0.05) is 19.8 Å². The number of aromatic nitrogens is 1. The highest BCUT2D eigenvalue weighted by Gasteiger charge is 2.46. The molecule has 0 aromatic carbocycles. The van der Waals surface area contributed by atoms with Crippen LogP contribution >= 0.6 is 11.3 Å². The summed E-state index contributed by atoms with van der Waals surface area (Å²) in [7, 11) is 1.69. The van der Waals surface area contributed by atoms with Crippen LogP contribution in [0.4, 0.5) is 0 Å². The quantitative estimate of drug-likeness (QED) is 0.782. The summed E-state index contributed by atoms with van der Waals surface area (Å²) in [5.41, 5.74) is 2.75. The Balaban J connectivity index is 1.60. The van der Waals surface area contributed by atoms with Gasteiger partial charge in [-0.15, -0.1) is 11.3 Å². The Kier molecular flexibility index (Phi) is 5.89. The van der Waals surface area contributed by atoms with Crippen molar-refractivity contribution in [1.29, 1.82) is 0 Å². The van der Waals surface area contributed by atoms with Crippen LogP contribution < -0.4 is 5.32 Å². The van der Waals surface area contributed by atoms with Gasteiger partial charge < -0.3 is 10.1 Å². The number of likely N-dealkylation sites (tertiary alicyclic amines) is 1. The summed E-state index contributed by atoms with van der Waals surface area (Å²) in [5, 5.41) is 5.49. The van der Waals surface area contributed by atoms with Crippen LogP contribution in [-0.2, 0) is 16.1 Å². The van der Waals surface area contributed by atoms with Crippen LogP contribution in [0.25, 0.3) is 0 Å². The molecule has 2 fully saturated rings. The van der Waals surface area contributed by atoms with Crippen LogP contribution in [-0.4, -0.2) is 48.6 Å². The average Bonchev–Trinajstić information content (AvgIpc) is 3.14. The summed E-state index contributed by atoms with van der Waals surface area (Å²) in [6.07, 6.45) is 5.37. The summed E-state index contributed by atoms with van der Waals surface area (Å²) in [6, 6.07) is 0.255. The maximum absolute atomic E-state index is 12.8. The molecule has 6 heteroatoms.